The van der Waals surface area contributed by atoms with Gasteiger partial charge in [0.1, 0.15) is 10.5 Å². The summed E-state index contributed by atoms with van der Waals surface area (Å²) in [5.41, 5.74) is 5.38. The molecule has 2 aromatic rings. The van der Waals surface area contributed by atoms with E-state index in [9.17, 15) is 13.6 Å². The summed E-state index contributed by atoms with van der Waals surface area (Å²) in [6.45, 7) is 5.21. The maximum Gasteiger partial charge on any atom is 0.350 e. The molecule has 0 atom stereocenters. The molecule has 1 aromatic heterocycles. The maximum atomic E-state index is 13.8. The van der Waals surface area contributed by atoms with Crippen molar-refractivity contribution in [1.82, 2.24) is 0 Å². The fourth-order valence-electron chi connectivity index (χ4n) is 1.72. The van der Waals surface area contributed by atoms with Crippen LogP contribution in [0.4, 0.5) is 14.5 Å². The number of benzene rings is 1. The minimum absolute atomic E-state index is 0.0708. The summed E-state index contributed by atoms with van der Waals surface area (Å²) in [6.07, 6.45) is 0. The Hall–Kier alpha value is -1.95. The van der Waals surface area contributed by atoms with E-state index in [-0.39, 0.29) is 16.1 Å². The van der Waals surface area contributed by atoms with E-state index in [1.54, 1.807) is 20.8 Å². The third-order valence-electron chi connectivity index (χ3n) is 2.56. The van der Waals surface area contributed by atoms with Gasteiger partial charge in [-0.05, 0) is 32.9 Å². The Morgan fingerprint density at radius 3 is 2.57 bits per heavy atom. The first-order valence-electron chi connectivity index (χ1n) is 6.26. The highest BCUT2D eigenvalue weighted by Crippen LogP contribution is 2.36. The number of rotatable bonds is 2. The maximum absolute atomic E-state index is 13.8. The van der Waals surface area contributed by atoms with Crippen molar-refractivity contribution in [3.63, 3.8) is 0 Å². The van der Waals surface area contributed by atoms with Crippen molar-refractivity contribution in [1.29, 1.82) is 0 Å². The van der Waals surface area contributed by atoms with Crippen molar-refractivity contribution in [3.8, 4) is 10.4 Å². The number of anilines is 1. The van der Waals surface area contributed by atoms with Gasteiger partial charge in [-0.25, -0.2) is 13.6 Å². The molecular formula is C15H15F2NO2S. The summed E-state index contributed by atoms with van der Waals surface area (Å²) in [5.74, 6) is -2.49. The topological polar surface area (TPSA) is 52.3 Å². The van der Waals surface area contributed by atoms with Crippen molar-refractivity contribution in [2.45, 2.75) is 26.4 Å². The Balaban J connectivity index is 2.40. The van der Waals surface area contributed by atoms with Gasteiger partial charge in [0, 0.05) is 10.4 Å². The van der Waals surface area contributed by atoms with Gasteiger partial charge >= 0.3 is 5.97 Å². The number of esters is 1. The second-order valence-corrected chi connectivity index (χ2v) is 6.55. The molecule has 0 amide bonds. The zero-order chi connectivity index (χ0) is 15.8. The minimum Gasteiger partial charge on any atom is -0.456 e. The molecular weight excluding hydrogens is 296 g/mol. The number of carbonyl (C=O) groups is 1. The third-order valence-corrected chi connectivity index (χ3v) is 3.73. The predicted molar refractivity (Wildman–Crippen MR) is 79.3 cm³/mol. The van der Waals surface area contributed by atoms with Gasteiger partial charge in [-0.1, -0.05) is 12.1 Å². The number of hydrogen-bond donors (Lipinski definition) is 1. The first-order chi connectivity index (χ1) is 9.69. The lowest BCUT2D eigenvalue weighted by molar-refractivity contribution is 0.00764. The standard InChI is InChI=1S/C15H15F2NO2S/c1-15(2,3)20-14(19)13-10(18)7-11(21-13)8-5-4-6-9(16)12(8)17/h4-7H,18H2,1-3H3. The monoisotopic (exact) mass is 311 g/mol. The molecule has 3 nitrogen and oxygen atoms in total. The summed E-state index contributed by atoms with van der Waals surface area (Å²) >= 11 is 0.978. The number of halogens is 2. The van der Waals surface area contributed by atoms with Gasteiger partial charge in [0.2, 0.25) is 0 Å². The Labute approximate surface area is 125 Å². The van der Waals surface area contributed by atoms with Crippen LogP contribution >= 0.6 is 11.3 Å². The molecule has 0 aliphatic rings. The van der Waals surface area contributed by atoms with E-state index in [1.165, 1.54) is 18.2 Å². The van der Waals surface area contributed by atoms with Gasteiger partial charge in [0.05, 0.1) is 5.69 Å². The van der Waals surface area contributed by atoms with E-state index >= 15 is 0 Å². The Bertz CT molecular complexity index is 689. The van der Waals surface area contributed by atoms with Crippen LogP contribution in [0.25, 0.3) is 10.4 Å². The lowest BCUT2D eigenvalue weighted by Gasteiger charge is -2.18. The highest BCUT2D eigenvalue weighted by Gasteiger charge is 2.23. The lowest BCUT2D eigenvalue weighted by atomic mass is 10.1. The van der Waals surface area contributed by atoms with E-state index in [2.05, 4.69) is 0 Å². The second kappa shape index (κ2) is 5.44. The van der Waals surface area contributed by atoms with Crippen LogP contribution in [0.15, 0.2) is 24.3 Å². The van der Waals surface area contributed by atoms with Gasteiger partial charge in [-0.3, -0.25) is 0 Å². The molecule has 1 heterocycles. The molecule has 112 valence electrons. The molecule has 0 bridgehead atoms. The molecule has 2 N–H and O–H groups in total. The van der Waals surface area contributed by atoms with Crippen molar-refractivity contribution in [2.24, 2.45) is 0 Å². The Kier molecular flexibility index (Phi) is 4.00. The van der Waals surface area contributed by atoms with Crippen LogP contribution in [-0.2, 0) is 4.74 Å². The summed E-state index contributed by atoms with van der Waals surface area (Å²) < 4.78 is 32.3. The van der Waals surface area contributed by atoms with E-state index in [0.717, 1.165) is 17.4 Å². The number of thiophene rings is 1. The first kappa shape index (κ1) is 15.4. The van der Waals surface area contributed by atoms with Gasteiger partial charge in [0.15, 0.2) is 11.6 Å². The summed E-state index contributed by atoms with van der Waals surface area (Å²) in [7, 11) is 0. The zero-order valence-corrected chi connectivity index (χ0v) is 12.7. The van der Waals surface area contributed by atoms with Crippen molar-refractivity contribution in [2.75, 3.05) is 5.73 Å². The average Bonchev–Trinajstić information content (AvgIpc) is 2.72. The Morgan fingerprint density at radius 1 is 1.29 bits per heavy atom. The fourth-order valence-corrected chi connectivity index (χ4v) is 2.69. The largest absolute Gasteiger partial charge is 0.456 e. The van der Waals surface area contributed by atoms with Gasteiger partial charge in [-0.2, -0.15) is 0 Å². The smallest absolute Gasteiger partial charge is 0.350 e. The molecule has 0 fully saturated rings. The van der Waals surface area contributed by atoms with Crippen LogP contribution in [0.1, 0.15) is 30.4 Å². The molecule has 0 radical (unpaired) electrons. The number of ether oxygens (including phenoxy) is 1. The first-order valence-corrected chi connectivity index (χ1v) is 7.08. The molecule has 0 saturated carbocycles. The predicted octanol–water partition coefficient (Wildman–Crippen LogP) is 4.23. The number of carbonyl (C=O) groups excluding carboxylic acids is 1. The van der Waals surface area contributed by atoms with Crippen molar-refractivity contribution in [3.05, 3.63) is 40.8 Å². The molecule has 21 heavy (non-hydrogen) atoms. The third kappa shape index (κ3) is 3.39. The number of nitrogens with two attached hydrogens (primary N) is 1. The fraction of sp³-hybridized carbons (Fsp3) is 0.267. The van der Waals surface area contributed by atoms with Crippen LogP contribution in [-0.4, -0.2) is 11.6 Å². The molecule has 0 aliphatic carbocycles. The molecule has 6 heteroatoms. The highest BCUT2D eigenvalue weighted by atomic mass is 32.1. The number of hydrogen-bond acceptors (Lipinski definition) is 4. The van der Waals surface area contributed by atoms with Crippen molar-refractivity contribution < 1.29 is 18.3 Å². The summed E-state index contributed by atoms with van der Waals surface area (Å²) in [5, 5.41) is 0. The van der Waals surface area contributed by atoms with Crippen LogP contribution in [0.3, 0.4) is 0 Å². The van der Waals surface area contributed by atoms with Crippen LogP contribution < -0.4 is 5.73 Å². The normalized spacial score (nSPS) is 11.5. The molecule has 0 spiro atoms. The van der Waals surface area contributed by atoms with Gasteiger partial charge in [-0.15, -0.1) is 11.3 Å². The van der Waals surface area contributed by atoms with Crippen LogP contribution in [0.2, 0.25) is 0 Å². The molecule has 0 unspecified atom stereocenters. The Morgan fingerprint density at radius 2 is 1.95 bits per heavy atom. The highest BCUT2D eigenvalue weighted by molar-refractivity contribution is 7.18. The van der Waals surface area contributed by atoms with Crippen LogP contribution in [0, 0.1) is 11.6 Å². The molecule has 1 aromatic carbocycles. The average molecular weight is 311 g/mol. The van der Waals surface area contributed by atoms with Gasteiger partial charge in [0.25, 0.3) is 0 Å². The zero-order valence-electron chi connectivity index (χ0n) is 11.9. The second-order valence-electron chi connectivity index (χ2n) is 5.50. The van der Waals surface area contributed by atoms with E-state index in [1.807, 2.05) is 0 Å². The van der Waals surface area contributed by atoms with E-state index in [4.69, 9.17) is 10.5 Å². The van der Waals surface area contributed by atoms with Crippen LogP contribution in [0.5, 0.6) is 0 Å². The molecule has 0 saturated heterocycles. The SMILES string of the molecule is CC(C)(C)OC(=O)c1sc(-c2cccc(F)c2F)cc1N. The quantitative estimate of drug-likeness (QED) is 0.844. The minimum atomic E-state index is -0.963. The number of nitrogen functional groups attached to an aromatic ring is 1. The lowest BCUT2D eigenvalue weighted by Crippen LogP contribution is -2.23. The van der Waals surface area contributed by atoms with E-state index < -0.39 is 23.2 Å². The molecule has 2 rings (SSSR count). The summed E-state index contributed by atoms with van der Waals surface area (Å²) in [6, 6.07) is 5.31. The molecule has 0 aliphatic heterocycles. The van der Waals surface area contributed by atoms with E-state index in [0.29, 0.717) is 4.88 Å². The van der Waals surface area contributed by atoms with Gasteiger partial charge < -0.3 is 10.5 Å². The van der Waals surface area contributed by atoms with Crippen molar-refractivity contribution >= 4 is 23.0 Å². The summed E-state index contributed by atoms with van der Waals surface area (Å²) in [4.78, 5) is 12.6.